The Balaban J connectivity index is 1.64. The second-order valence-corrected chi connectivity index (χ2v) is 8.12. The molecule has 0 unspecified atom stereocenters. The van der Waals surface area contributed by atoms with E-state index in [4.69, 9.17) is 0 Å². The highest BCUT2D eigenvalue weighted by Gasteiger charge is 2.67. The SMILES string of the molecule is O=C1CC=C2[C@@H]3C[C@@H]4N(CC[C@@]45c4ccccc4N1[C@@H]25)CC3=CCO. The van der Waals surface area contributed by atoms with Gasteiger partial charge in [0.25, 0.3) is 0 Å². The zero-order chi connectivity index (χ0) is 16.8. The van der Waals surface area contributed by atoms with Gasteiger partial charge in [0.1, 0.15) is 0 Å². The van der Waals surface area contributed by atoms with Crippen LogP contribution in [0, 0.1) is 5.92 Å². The quantitative estimate of drug-likeness (QED) is 0.799. The van der Waals surface area contributed by atoms with Gasteiger partial charge in [-0.05, 0) is 36.6 Å². The molecule has 2 saturated heterocycles. The van der Waals surface area contributed by atoms with Crippen molar-refractivity contribution in [1.29, 1.82) is 0 Å². The summed E-state index contributed by atoms with van der Waals surface area (Å²) in [5.74, 6) is 0.638. The third-order valence-electron chi connectivity index (χ3n) is 7.40. The Morgan fingerprint density at radius 1 is 1.32 bits per heavy atom. The maximum Gasteiger partial charge on any atom is 0.231 e. The highest BCUT2D eigenvalue weighted by Crippen LogP contribution is 2.63. The van der Waals surface area contributed by atoms with Crippen LogP contribution in [0.5, 0.6) is 0 Å². The Morgan fingerprint density at radius 2 is 2.20 bits per heavy atom. The minimum atomic E-state index is 0.0692. The van der Waals surface area contributed by atoms with Crippen molar-refractivity contribution in [3.05, 3.63) is 53.1 Å². The molecule has 1 N–H and O–H groups in total. The first-order valence-corrected chi connectivity index (χ1v) is 9.41. The third-order valence-corrected chi connectivity index (χ3v) is 7.40. The average molecular weight is 334 g/mol. The number of hydrogen-bond acceptors (Lipinski definition) is 3. The number of hydrogen-bond donors (Lipinski definition) is 1. The number of carbonyl (C=O) groups is 1. The lowest BCUT2D eigenvalue weighted by Crippen LogP contribution is -2.62. The smallest absolute Gasteiger partial charge is 0.231 e. The summed E-state index contributed by atoms with van der Waals surface area (Å²) in [6.07, 6.45) is 6.99. The third kappa shape index (κ3) is 1.50. The highest BCUT2D eigenvalue weighted by atomic mass is 16.2. The number of amides is 1. The number of piperidine rings is 1. The molecular weight excluding hydrogens is 312 g/mol. The molecule has 0 radical (unpaired) electrons. The maximum absolute atomic E-state index is 12.9. The number of nitrogens with zero attached hydrogens (tertiary/aromatic N) is 2. The molecule has 4 atom stereocenters. The number of aliphatic hydroxyl groups excluding tert-OH is 1. The topological polar surface area (TPSA) is 43.8 Å². The van der Waals surface area contributed by atoms with E-state index in [0.29, 0.717) is 18.4 Å². The minimum Gasteiger partial charge on any atom is -0.392 e. The van der Waals surface area contributed by atoms with Gasteiger partial charge < -0.3 is 10.0 Å². The first-order valence-electron chi connectivity index (χ1n) is 9.41. The summed E-state index contributed by atoms with van der Waals surface area (Å²) in [4.78, 5) is 17.6. The molecule has 6 rings (SSSR count). The van der Waals surface area contributed by atoms with Crippen LogP contribution >= 0.6 is 0 Å². The first-order chi connectivity index (χ1) is 12.3. The van der Waals surface area contributed by atoms with Crippen molar-refractivity contribution >= 4 is 11.6 Å². The number of aliphatic hydroxyl groups is 1. The Labute approximate surface area is 147 Å². The van der Waals surface area contributed by atoms with E-state index < -0.39 is 0 Å². The van der Waals surface area contributed by atoms with Crippen LogP contribution in [0.4, 0.5) is 5.69 Å². The van der Waals surface area contributed by atoms with Gasteiger partial charge in [0, 0.05) is 36.0 Å². The largest absolute Gasteiger partial charge is 0.392 e. The summed E-state index contributed by atoms with van der Waals surface area (Å²) >= 11 is 0. The van der Waals surface area contributed by atoms with Gasteiger partial charge in [-0.1, -0.05) is 35.9 Å². The molecule has 2 bridgehead atoms. The Kier molecular flexibility index (Phi) is 2.64. The fraction of sp³-hybridized carbons (Fsp3) is 0.476. The van der Waals surface area contributed by atoms with E-state index in [1.54, 1.807) is 0 Å². The first kappa shape index (κ1) is 14.3. The molecule has 4 nitrogen and oxygen atoms in total. The predicted molar refractivity (Wildman–Crippen MR) is 95.3 cm³/mol. The maximum atomic E-state index is 12.9. The van der Waals surface area contributed by atoms with Crippen molar-refractivity contribution < 1.29 is 9.90 Å². The van der Waals surface area contributed by atoms with Gasteiger partial charge in [0.05, 0.1) is 12.6 Å². The number of rotatable bonds is 1. The van der Waals surface area contributed by atoms with E-state index in [1.165, 1.54) is 16.7 Å². The summed E-state index contributed by atoms with van der Waals surface area (Å²) < 4.78 is 0. The lowest BCUT2D eigenvalue weighted by molar-refractivity contribution is -0.118. The van der Waals surface area contributed by atoms with Crippen molar-refractivity contribution in [1.82, 2.24) is 4.90 Å². The number of fused-ring (bicyclic) bond motifs is 4. The molecule has 4 heterocycles. The van der Waals surface area contributed by atoms with E-state index in [1.807, 2.05) is 6.08 Å². The van der Waals surface area contributed by atoms with Crippen molar-refractivity contribution in [2.45, 2.75) is 36.8 Å². The summed E-state index contributed by atoms with van der Waals surface area (Å²) in [7, 11) is 0. The summed E-state index contributed by atoms with van der Waals surface area (Å²) in [5.41, 5.74) is 5.39. The standard InChI is InChI=1S/C21H22N2O2/c24-10-7-13-12-22-9-8-21-16-3-1-2-4-17(16)23-19(25)6-5-14(20(21)23)15(13)11-18(21)22/h1-5,7,15,18,20,24H,6,8-12H2/t15-,18+,20+,21-/m1/s1. The van der Waals surface area contributed by atoms with Crippen molar-refractivity contribution in [3.8, 4) is 0 Å². The highest BCUT2D eigenvalue weighted by molar-refractivity contribution is 6.00. The Morgan fingerprint density at radius 3 is 3.08 bits per heavy atom. The van der Waals surface area contributed by atoms with Crippen LogP contribution < -0.4 is 4.90 Å². The molecule has 1 aromatic carbocycles. The Hall–Kier alpha value is -1.91. The molecular formula is C21H22N2O2. The van der Waals surface area contributed by atoms with E-state index in [2.05, 4.69) is 40.1 Å². The Bertz CT molecular complexity index is 857. The van der Waals surface area contributed by atoms with Gasteiger partial charge >= 0.3 is 0 Å². The van der Waals surface area contributed by atoms with Gasteiger partial charge in [-0.2, -0.15) is 0 Å². The van der Waals surface area contributed by atoms with Crippen LogP contribution in [0.2, 0.25) is 0 Å². The van der Waals surface area contributed by atoms with E-state index >= 15 is 0 Å². The van der Waals surface area contributed by atoms with Crippen molar-refractivity contribution in [2.24, 2.45) is 5.92 Å². The number of benzene rings is 1. The van der Waals surface area contributed by atoms with Gasteiger partial charge in [0.2, 0.25) is 5.91 Å². The molecule has 1 saturated carbocycles. The summed E-state index contributed by atoms with van der Waals surface area (Å²) in [6.45, 7) is 2.16. The van der Waals surface area contributed by atoms with Crippen molar-refractivity contribution in [2.75, 3.05) is 24.6 Å². The van der Waals surface area contributed by atoms with E-state index in [-0.39, 0.29) is 24.0 Å². The number of anilines is 1. The van der Waals surface area contributed by atoms with Gasteiger partial charge in [-0.15, -0.1) is 0 Å². The van der Waals surface area contributed by atoms with E-state index in [0.717, 1.165) is 31.6 Å². The normalized spacial score (nSPS) is 39.5. The van der Waals surface area contributed by atoms with E-state index in [9.17, 15) is 9.90 Å². The molecule has 1 spiro atoms. The summed E-state index contributed by atoms with van der Waals surface area (Å²) in [5, 5.41) is 9.50. The van der Waals surface area contributed by atoms with Crippen LogP contribution in [-0.4, -0.2) is 47.7 Å². The molecule has 0 aromatic heterocycles. The fourth-order valence-electron chi connectivity index (χ4n) is 6.62. The molecule has 4 heteroatoms. The molecule has 5 aliphatic rings. The minimum absolute atomic E-state index is 0.0692. The second kappa shape index (κ2) is 4.63. The zero-order valence-electron chi connectivity index (χ0n) is 14.2. The number of carbonyl (C=O) groups excluding carboxylic acids is 1. The average Bonchev–Trinajstić information content (AvgIpc) is 3.17. The van der Waals surface area contributed by atoms with Gasteiger partial charge in [-0.25, -0.2) is 0 Å². The lowest BCUT2D eigenvalue weighted by Gasteiger charge is -2.54. The lowest BCUT2D eigenvalue weighted by atomic mass is 9.57. The molecule has 3 fully saturated rings. The van der Waals surface area contributed by atoms with Crippen molar-refractivity contribution in [3.63, 3.8) is 0 Å². The molecule has 25 heavy (non-hydrogen) atoms. The number of para-hydroxylation sites is 1. The van der Waals surface area contributed by atoms with Crippen LogP contribution in [0.15, 0.2) is 47.6 Å². The molecule has 1 aromatic rings. The van der Waals surface area contributed by atoms with Crippen LogP contribution in [0.3, 0.4) is 0 Å². The predicted octanol–water partition coefficient (Wildman–Crippen LogP) is 2.00. The van der Waals surface area contributed by atoms with Crippen LogP contribution in [0.1, 0.15) is 24.8 Å². The van der Waals surface area contributed by atoms with Crippen LogP contribution in [-0.2, 0) is 10.2 Å². The van der Waals surface area contributed by atoms with Gasteiger partial charge in [0.15, 0.2) is 0 Å². The molecule has 1 amide bonds. The molecule has 1 aliphatic carbocycles. The second-order valence-electron chi connectivity index (χ2n) is 8.12. The van der Waals surface area contributed by atoms with Crippen LogP contribution in [0.25, 0.3) is 0 Å². The van der Waals surface area contributed by atoms with Gasteiger partial charge in [-0.3, -0.25) is 9.69 Å². The molecule has 128 valence electrons. The monoisotopic (exact) mass is 334 g/mol. The molecule has 4 aliphatic heterocycles. The summed E-state index contributed by atoms with van der Waals surface area (Å²) in [6, 6.07) is 9.29. The fourth-order valence-corrected chi connectivity index (χ4v) is 6.62. The zero-order valence-corrected chi connectivity index (χ0v) is 14.2.